The molecule has 2 aromatic heterocycles. The first-order valence-electron chi connectivity index (χ1n) is 10.7. The Morgan fingerprint density at radius 2 is 1.70 bits per heavy atom. The van der Waals surface area contributed by atoms with Gasteiger partial charge in [0.05, 0.1) is 17.6 Å². The number of aryl methyl sites for hydroxylation is 3. The quantitative estimate of drug-likeness (QED) is 0.455. The summed E-state index contributed by atoms with van der Waals surface area (Å²) in [4.78, 5) is 30.7. The van der Waals surface area contributed by atoms with Crippen molar-refractivity contribution in [2.24, 2.45) is 0 Å². The van der Waals surface area contributed by atoms with Gasteiger partial charge >= 0.3 is 0 Å². The molecule has 1 amide bonds. The van der Waals surface area contributed by atoms with E-state index in [0.717, 1.165) is 27.8 Å². The van der Waals surface area contributed by atoms with Crippen molar-refractivity contribution >= 4 is 28.3 Å². The van der Waals surface area contributed by atoms with Gasteiger partial charge in [-0.05, 0) is 67.3 Å². The second-order valence-corrected chi connectivity index (χ2v) is 8.30. The first kappa shape index (κ1) is 20.6. The first-order valence-corrected chi connectivity index (χ1v) is 10.7. The van der Waals surface area contributed by atoms with Crippen molar-refractivity contribution in [3.05, 3.63) is 105 Å². The fourth-order valence-electron chi connectivity index (χ4n) is 4.00. The monoisotopic (exact) mass is 437 g/mol. The average Bonchev–Trinajstić information content (AvgIpc) is 3.24. The van der Waals surface area contributed by atoms with Crippen LogP contribution in [0.25, 0.3) is 16.7 Å². The number of aromatic nitrogens is 4. The number of amides is 1. The highest BCUT2D eigenvalue weighted by Gasteiger charge is 2.20. The van der Waals surface area contributed by atoms with Crippen LogP contribution in [0.2, 0.25) is 0 Å². The van der Waals surface area contributed by atoms with Crippen molar-refractivity contribution in [3.8, 4) is 0 Å². The Hall–Kier alpha value is -4.26. The molecular weight excluding hydrogens is 414 g/mol. The smallest absolute Gasteiger partial charge is 0.296 e. The van der Waals surface area contributed by atoms with Gasteiger partial charge in [0.15, 0.2) is 0 Å². The normalized spacial score (nSPS) is 11.2. The average molecular weight is 438 g/mol. The molecule has 1 N–H and O–H groups in total. The molecular formula is C26H23N5O2. The number of nitrogens with one attached hydrogen (secondary N) is 1. The summed E-state index contributed by atoms with van der Waals surface area (Å²) >= 11 is 0. The van der Waals surface area contributed by atoms with Crippen LogP contribution in [0.5, 0.6) is 0 Å². The van der Waals surface area contributed by atoms with Crippen LogP contribution in [-0.4, -0.2) is 25.1 Å². The van der Waals surface area contributed by atoms with E-state index in [1.807, 2.05) is 81.4 Å². The van der Waals surface area contributed by atoms with Gasteiger partial charge in [-0.15, -0.1) is 5.10 Å². The Bertz CT molecular complexity index is 1600. The summed E-state index contributed by atoms with van der Waals surface area (Å²) < 4.78 is 3.17. The van der Waals surface area contributed by atoms with Gasteiger partial charge in [-0.2, -0.15) is 4.98 Å². The molecule has 0 aliphatic heterocycles. The maximum absolute atomic E-state index is 13.5. The number of nitrogens with zero attached hydrogens (tertiary/aromatic N) is 4. The van der Waals surface area contributed by atoms with Crippen molar-refractivity contribution in [1.82, 2.24) is 19.2 Å². The van der Waals surface area contributed by atoms with Gasteiger partial charge in [-0.3, -0.25) is 14.2 Å². The van der Waals surface area contributed by atoms with E-state index in [1.54, 1.807) is 10.6 Å². The molecule has 5 rings (SSSR count). The zero-order valence-electron chi connectivity index (χ0n) is 18.7. The van der Waals surface area contributed by atoms with Gasteiger partial charge < -0.3 is 5.32 Å². The van der Waals surface area contributed by atoms with Crippen molar-refractivity contribution < 1.29 is 4.79 Å². The maximum Gasteiger partial charge on any atom is 0.296 e. The van der Waals surface area contributed by atoms with Crippen LogP contribution < -0.4 is 10.9 Å². The fourth-order valence-corrected chi connectivity index (χ4v) is 4.00. The Morgan fingerprint density at radius 3 is 2.48 bits per heavy atom. The van der Waals surface area contributed by atoms with E-state index in [4.69, 9.17) is 0 Å². The lowest BCUT2D eigenvalue weighted by molar-refractivity contribution is 0.101. The lowest BCUT2D eigenvalue weighted by Gasteiger charge is -2.13. The van der Waals surface area contributed by atoms with Gasteiger partial charge in [0.25, 0.3) is 11.5 Å². The number of hydrogen-bond acceptors (Lipinski definition) is 4. The molecule has 0 spiro atoms. The lowest BCUT2D eigenvalue weighted by Crippen LogP contribution is -2.24. The molecule has 164 valence electrons. The van der Waals surface area contributed by atoms with Crippen molar-refractivity contribution in [3.63, 3.8) is 0 Å². The second-order valence-electron chi connectivity index (χ2n) is 8.30. The van der Waals surface area contributed by atoms with Crippen LogP contribution in [0.4, 0.5) is 5.69 Å². The summed E-state index contributed by atoms with van der Waals surface area (Å²) in [7, 11) is 0. The van der Waals surface area contributed by atoms with Crippen molar-refractivity contribution in [1.29, 1.82) is 0 Å². The van der Waals surface area contributed by atoms with E-state index >= 15 is 0 Å². The number of hydrogen-bond donors (Lipinski definition) is 1. The van der Waals surface area contributed by atoms with E-state index in [2.05, 4.69) is 15.4 Å². The Kier molecular flexibility index (Phi) is 5.01. The molecule has 0 atom stereocenters. The highest BCUT2D eigenvalue weighted by Crippen LogP contribution is 2.19. The summed E-state index contributed by atoms with van der Waals surface area (Å²) in [6.45, 7) is 6.36. The zero-order valence-corrected chi connectivity index (χ0v) is 18.7. The van der Waals surface area contributed by atoms with Crippen LogP contribution in [0.1, 0.15) is 32.9 Å². The predicted molar refractivity (Wildman–Crippen MR) is 129 cm³/mol. The number of fused-ring (bicyclic) bond motifs is 3. The minimum absolute atomic E-state index is 0.0517. The standard InChI is InChI=1S/C26H23N5O2/c1-16-7-6-10-20(13-16)27-25(32)23-28-24-26(33)30(15-19-9-5-4-8-18(19)3)22-14-17(2)11-12-21(22)31(24)29-23/h4-14H,15H2,1-3H3,(H,27,32). The van der Waals surface area contributed by atoms with Crippen molar-refractivity contribution in [2.75, 3.05) is 5.32 Å². The number of carbonyl (C=O) groups excluding carboxylic acids is 1. The van der Waals surface area contributed by atoms with Crippen LogP contribution in [0.3, 0.4) is 0 Å². The summed E-state index contributed by atoms with van der Waals surface area (Å²) in [5.41, 5.74) is 6.13. The topological polar surface area (TPSA) is 81.3 Å². The number of anilines is 1. The molecule has 7 heteroatoms. The van der Waals surface area contributed by atoms with Crippen LogP contribution in [-0.2, 0) is 6.54 Å². The molecule has 5 aromatic rings. The molecule has 0 fully saturated rings. The Balaban J connectivity index is 1.66. The zero-order chi connectivity index (χ0) is 23.1. The molecule has 0 saturated heterocycles. The molecule has 33 heavy (non-hydrogen) atoms. The van der Waals surface area contributed by atoms with Crippen LogP contribution in [0, 0.1) is 20.8 Å². The molecule has 0 unspecified atom stereocenters. The third-order valence-electron chi connectivity index (χ3n) is 5.76. The summed E-state index contributed by atoms with van der Waals surface area (Å²) in [5.74, 6) is -0.515. The molecule has 3 aromatic carbocycles. The van der Waals surface area contributed by atoms with E-state index < -0.39 is 5.91 Å². The first-order chi connectivity index (χ1) is 15.9. The maximum atomic E-state index is 13.5. The molecule has 2 heterocycles. The van der Waals surface area contributed by atoms with E-state index in [0.29, 0.717) is 17.7 Å². The van der Waals surface area contributed by atoms with E-state index in [9.17, 15) is 9.59 Å². The summed E-state index contributed by atoms with van der Waals surface area (Å²) in [6, 6.07) is 21.3. The van der Waals surface area contributed by atoms with E-state index in [-0.39, 0.29) is 17.0 Å². The summed E-state index contributed by atoms with van der Waals surface area (Å²) in [5, 5.41) is 7.21. The largest absolute Gasteiger partial charge is 0.319 e. The number of benzene rings is 3. The van der Waals surface area contributed by atoms with Crippen LogP contribution >= 0.6 is 0 Å². The van der Waals surface area contributed by atoms with Crippen molar-refractivity contribution in [2.45, 2.75) is 27.3 Å². The van der Waals surface area contributed by atoms with Gasteiger partial charge in [0.2, 0.25) is 11.5 Å². The molecule has 0 bridgehead atoms. The molecule has 7 nitrogen and oxygen atoms in total. The third kappa shape index (κ3) is 3.78. The Morgan fingerprint density at radius 1 is 0.909 bits per heavy atom. The Labute approximate surface area is 190 Å². The van der Waals surface area contributed by atoms with Gasteiger partial charge in [-0.1, -0.05) is 42.5 Å². The minimum Gasteiger partial charge on any atom is -0.319 e. The highest BCUT2D eigenvalue weighted by atomic mass is 16.2. The lowest BCUT2D eigenvalue weighted by atomic mass is 10.1. The molecule has 0 aliphatic rings. The van der Waals surface area contributed by atoms with E-state index in [1.165, 1.54) is 4.52 Å². The highest BCUT2D eigenvalue weighted by molar-refractivity contribution is 6.02. The molecule has 0 radical (unpaired) electrons. The number of rotatable bonds is 4. The fraction of sp³-hybridized carbons (Fsp3) is 0.154. The SMILES string of the molecule is Cc1cccc(NC(=O)c2nc3c(=O)n(Cc4ccccc4C)c4cc(C)ccc4n3n2)c1. The van der Waals surface area contributed by atoms with Gasteiger partial charge in [0, 0.05) is 5.69 Å². The molecule has 0 aliphatic carbocycles. The molecule has 0 saturated carbocycles. The minimum atomic E-state index is -0.464. The third-order valence-corrected chi connectivity index (χ3v) is 5.76. The second kappa shape index (κ2) is 8.02. The summed E-state index contributed by atoms with van der Waals surface area (Å²) in [6.07, 6.45) is 0. The van der Waals surface area contributed by atoms with Gasteiger partial charge in [0.1, 0.15) is 0 Å². The predicted octanol–water partition coefficient (Wildman–Crippen LogP) is 4.27. The van der Waals surface area contributed by atoms with Crippen LogP contribution in [0.15, 0.2) is 71.5 Å². The number of carbonyl (C=O) groups is 1. The van der Waals surface area contributed by atoms with Gasteiger partial charge in [-0.25, -0.2) is 4.52 Å².